The van der Waals surface area contributed by atoms with Gasteiger partial charge < -0.3 is 9.59 Å². The van der Waals surface area contributed by atoms with Crippen molar-refractivity contribution < 1.29 is 9.59 Å². The first-order valence-corrected chi connectivity index (χ1v) is 6.69. The molecule has 104 valence electrons. The summed E-state index contributed by atoms with van der Waals surface area (Å²) in [5.41, 5.74) is 2.08. The Labute approximate surface area is 120 Å². The third-order valence-electron chi connectivity index (χ3n) is 2.73. The standard InChI is InChI=1S/C14H12O.C4H8O/c15-11-14(12-7-3-1-4-8-12)13-9-5-2-6-10-13;1-4(2)3-5/h1-11,14H;3-4H,1-2H3. The maximum Gasteiger partial charge on any atom is 0.131 e. The Kier molecular flexibility index (Phi) is 6.97. The van der Waals surface area contributed by atoms with Gasteiger partial charge >= 0.3 is 0 Å². The summed E-state index contributed by atoms with van der Waals surface area (Å²) in [7, 11) is 0. The second-order valence-corrected chi connectivity index (χ2v) is 4.82. The van der Waals surface area contributed by atoms with Gasteiger partial charge in [-0.05, 0) is 11.1 Å². The Morgan fingerprint density at radius 2 is 1.05 bits per heavy atom. The van der Waals surface area contributed by atoms with E-state index in [1.807, 2.05) is 74.5 Å². The highest BCUT2D eigenvalue weighted by Gasteiger charge is 2.11. The maximum absolute atomic E-state index is 11.1. The second kappa shape index (κ2) is 8.81. The van der Waals surface area contributed by atoms with Crippen molar-refractivity contribution in [2.75, 3.05) is 0 Å². The van der Waals surface area contributed by atoms with Crippen LogP contribution in [0.25, 0.3) is 0 Å². The molecule has 2 aromatic carbocycles. The first-order chi connectivity index (χ1) is 9.69. The maximum atomic E-state index is 11.1. The largest absolute Gasteiger partial charge is 0.303 e. The van der Waals surface area contributed by atoms with Crippen molar-refractivity contribution >= 4 is 12.6 Å². The number of benzene rings is 2. The molecule has 2 aromatic rings. The van der Waals surface area contributed by atoms with Crippen LogP contribution in [0.5, 0.6) is 0 Å². The number of carbonyl (C=O) groups excluding carboxylic acids is 2. The van der Waals surface area contributed by atoms with E-state index in [2.05, 4.69) is 0 Å². The van der Waals surface area contributed by atoms with E-state index in [1.165, 1.54) is 0 Å². The molecule has 0 bridgehead atoms. The van der Waals surface area contributed by atoms with Gasteiger partial charge in [0, 0.05) is 5.92 Å². The van der Waals surface area contributed by atoms with Crippen LogP contribution in [-0.4, -0.2) is 12.6 Å². The molecule has 0 saturated carbocycles. The molecule has 0 aliphatic carbocycles. The molecule has 2 nitrogen and oxygen atoms in total. The van der Waals surface area contributed by atoms with Crippen molar-refractivity contribution in [2.24, 2.45) is 5.92 Å². The molecule has 0 aliphatic rings. The fraction of sp³-hybridized carbons (Fsp3) is 0.222. The van der Waals surface area contributed by atoms with Crippen LogP contribution in [0.4, 0.5) is 0 Å². The molecule has 20 heavy (non-hydrogen) atoms. The van der Waals surface area contributed by atoms with E-state index in [1.54, 1.807) is 0 Å². The highest BCUT2D eigenvalue weighted by atomic mass is 16.1. The first-order valence-electron chi connectivity index (χ1n) is 6.69. The monoisotopic (exact) mass is 268 g/mol. The zero-order valence-corrected chi connectivity index (χ0v) is 11.9. The van der Waals surface area contributed by atoms with Crippen LogP contribution in [-0.2, 0) is 9.59 Å². The summed E-state index contributed by atoms with van der Waals surface area (Å²) in [4.78, 5) is 20.6. The van der Waals surface area contributed by atoms with Crippen molar-refractivity contribution in [1.82, 2.24) is 0 Å². The van der Waals surface area contributed by atoms with E-state index in [9.17, 15) is 9.59 Å². The summed E-state index contributed by atoms with van der Waals surface area (Å²) in [6, 6.07) is 19.6. The molecule has 0 radical (unpaired) electrons. The minimum atomic E-state index is -0.146. The average molecular weight is 268 g/mol. The lowest BCUT2D eigenvalue weighted by Crippen LogP contribution is -2.01. The summed E-state index contributed by atoms with van der Waals surface area (Å²) in [5.74, 6) is 0.0578. The summed E-state index contributed by atoms with van der Waals surface area (Å²) in [5, 5.41) is 0. The van der Waals surface area contributed by atoms with Gasteiger partial charge in [-0.25, -0.2) is 0 Å². The van der Waals surface area contributed by atoms with Crippen LogP contribution >= 0.6 is 0 Å². The van der Waals surface area contributed by atoms with Crippen LogP contribution in [0.2, 0.25) is 0 Å². The van der Waals surface area contributed by atoms with Gasteiger partial charge in [0.15, 0.2) is 0 Å². The molecular formula is C18H20O2. The molecule has 0 aromatic heterocycles. The normalized spacial score (nSPS) is 9.80. The van der Waals surface area contributed by atoms with Gasteiger partial charge in [-0.1, -0.05) is 74.5 Å². The number of aldehydes is 2. The molecule has 2 rings (SSSR count). The van der Waals surface area contributed by atoms with E-state index >= 15 is 0 Å². The van der Waals surface area contributed by atoms with Crippen molar-refractivity contribution in [3.8, 4) is 0 Å². The summed E-state index contributed by atoms with van der Waals surface area (Å²) >= 11 is 0. The molecule has 0 amide bonds. The Hall–Kier alpha value is -2.22. The lowest BCUT2D eigenvalue weighted by Gasteiger charge is -2.10. The smallest absolute Gasteiger partial charge is 0.131 e. The fourth-order valence-electron chi connectivity index (χ4n) is 1.67. The Balaban J connectivity index is 0.000000347. The highest BCUT2D eigenvalue weighted by Crippen LogP contribution is 2.21. The van der Waals surface area contributed by atoms with Crippen molar-refractivity contribution in [3.63, 3.8) is 0 Å². The zero-order chi connectivity index (χ0) is 14.8. The van der Waals surface area contributed by atoms with Gasteiger partial charge in [0.05, 0.1) is 5.92 Å². The summed E-state index contributed by atoms with van der Waals surface area (Å²) in [6.07, 6.45) is 1.91. The van der Waals surface area contributed by atoms with Crippen molar-refractivity contribution in [1.29, 1.82) is 0 Å². The van der Waals surface area contributed by atoms with Gasteiger partial charge in [-0.15, -0.1) is 0 Å². The van der Waals surface area contributed by atoms with Crippen molar-refractivity contribution in [3.05, 3.63) is 71.8 Å². The predicted octanol–water partition coefficient (Wildman–Crippen LogP) is 3.86. The Morgan fingerprint density at radius 1 is 0.700 bits per heavy atom. The minimum Gasteiger partial charge on any atom is -0.303 e. The minimum absolute atomic E-state index is 0.146. The SMILES string of the molecule is CC(C)C=O.O=CC(c1ccccc1)c1ccccc1. The van der Waals surface area contributed by atoms with Gasteiger partial charge in [-0.3, -0.25) is 0 Å². The second-order valence-electron chi connectivity index (χ2n) is 4.82. The zero-order valence-electron chi connectivity index (χ0n) is 11.9. The van der Waals surface area contributed by atoms with Crippen LogP contribution in [0, 0.1) is 5.92 Å². The average Bonchev–Trinajstić information content (AvgIpc) is 2.51. The first kappa shape index (κ1) is 15.8. The third-order valence-corrected chi connectivity index (χ3v) is 2.73. The number of hydrogen-bond acceptors (Lipinski definition) is 2. The van der Waals surface area contributed by atoms with E-state index < -0.39 is 0 Å². The quantitative estimate of drug-likeness (QED) is 0.789. The number of carbonyl (C=O) groups is 2. The van der Waals surface area contributed by atoms with E-state index in [4.69, 9.17) is 0 Å². The fourth-order valence-corrected chi connectivity index (χ4v) is 1.67. The predicted molar refractivity (Wildman–Crippen MR) is 81.7 cm³/mol. The van der Waals surface area contributed by atoms with Crippen LogP contribution in [0.3, 0.4) is 0 Å². The van der Waals surface area contributed by atoms with E-state index in [-0.39, 0.29) is 11.8 Å². The molecule has 0 unspecified atom stereocenters. The van der Waals surface area contributed by atoms with E-state index in [0.717, 1.165) is 23.7 Å². The third kappa shape index (κ3) is 5.19. The molecule has 0 aliphatic heterocycles. The van der Waals surface area contributed by atoms with Crippen LogP contribution < -0.4 is 0 Å². The van der Waals surface area contributed by atoms with E-state index in [0.29, 0.717) is 0 Å². The Morgan fingerprint density at radius 3 is 1.30 bits per heavy atom. The molecule has 0 saturated heterocycles. The van der Waals surface area contributed by atoms with Gasteiger partial charge in [0.2, 0.25) is 0 Å². The summed E-state index contributed by atoms with van der Waals surface area (Å²) < 4.78 is 0. The lowest BCUT2D eigenvalue weighted by molar-refractivity contribution is -0.110. The lowest BCUT2D eigenvalue weighted by atomic mass is 9.93. The van der Waals surface area contributed by atoms with Crippen LogP contribution in [0.1, 0.15) is 30.9 Å². The summed E-state index contributed by atoms with van der Waals surface area (Å²) in [6.45, 7) is 3.71. The molecule has 0 heterocycles. The van der Waals surface area contributed by atoms with Crippen LogP contribution in [0.15, 0.2) is 60.7 Å². The molecule has 0 spiro atoms. The van der Waals surface area contributed by atoms with Gasteiger partial charge in [-0.2, -0.15) is 0 Å². The van der Waals surface area contributed by atoms with Gasteiger partial charge in [0.25, 0.3) is 0 Å². The molecule has 0 fully saturated rings. The Bertz CT molecular complexity index is 464. The molecule has 0 atom stereocenters. The highest BCUT2D eigenvalue weighted by molar-refractivity contribution is 5.68. The number of hydrogen-bond donors (Lipinski definition) is 0. The molecular weight excluding hydrogens is 248 g/mol. The molecule has 0 N–H and O–H groups in total. The topological polar surface area (TPSA) is 34.1 Å². The molecule has 2 heteroatoms. The number of rotatable bonds is 4. The van der Waals surface area contributed by atoms with Gasteiger partial charge in [0.1, 0.15) is 12.6 Å². The van der Waals surface area contributed by atoms with Crippen molar-refractivity contribution in [2.45, 2.75) is 19.8 Å².